The Morgan fingerprint density at radius 3 is 2.83 bits per heavy atom. The SMILES string of the molecule is C=CCNC(=NC)NCc1ccccc1[N+](=O)[O-]. The van der Waals surface area contributed by atoms with Gasteiger partial charge in [-0.15, -0.1) is 6.58 Å². The molecule has 0 unspecified atom stereocenters. The van der Waals surface area contributed by atoms with Crippen molar-refractivity contribution in [2.24, 2.45) is 4.99 Å². The topological polar surface area (TPSA) is 79.6 Å². The van der Waals surface area contributed by atoms with Crippen molar-refractivity contribution in [2.45, 2.75) is 6.54 Å². The first kappa shape index (κ1) is 13.7. The van der Waals surface area contributed by atoms with Crippen LogP contribution in [0.5, 0.6) is 0 Å². The first-order chi connectivity index (χ1) is 8.69. The van der Waals surface area contributed by atoms with E-state index >= 15 is 0 Å². The average Bonchev–Trinajstić information content (AvgIpc) is 2.39. The van der Waals surface area contributed by atoms with E-state index < -0.39 is 4.92 Å². The fourth-order valence-electron chi connectivity index (χ4n) is 1.41. The molecule has 0 aliphatic carbocycles. The quantitative estimate of drug-likeness (QED) is 0.272. The number of benzene rings is 1. The zero-order chi connectivity index (χ0) is 13.4. The van der Waals surface area contributed by atoms with Crippen molar-refractivity contribution in [3.8, 4) is 0 Å². The van der Waals surface area contributed by atoms with Crippen molar-refractivity contribution in [1.82, 2.24) is 10.6 Å². The first-order valence-electron chi connectivity index (χ1n) is 5.46. The molecule has 0 aliphatic rings. The van der Waals surface area contributed by atoms with Crippen LogP contribution in [0, 0.1) is 10.1 Å². The third-order valence-electron chi connectivity index (χ3n) is 2.27. The molecule has 6 nitrogen and oxygen atoms in total. The molecule has 0 bridgehead atoms. The van der Waals surface area contributed by atoms with Gasteiger partial charge in [-0.1, -0.05) is 24.3 Å². The standard InChI is InChI=1S/C12H16N4O2/c1-3-8-14-12(13-2)15-9-10-6-4-5-7-11(10)16(17)18/h3-7H,1,8-9H2,2H3,(H2,13,14,15). The molecule has 0 heterocycles. The monoisotopic (exact) mass is 248 g/mol. The van der Waals surface area contributed by atoms with Gasteiger partial charge in [-0.3, -0.25) is 15.1 Å². The number of para-hydroxylation sites is 1. The number of hydrogen-bond acceptors (Lipinski definition) is 3. The van der Waals surface area contributed by atoms with Crippen LogP contribution in [0.15, 0.2) is 41.9 Å². The van der Waals surface area contributed by atoms with Gasteiger partial charge < -0.3 is 10.6 Å². The predicted molar refractivity (Wildman–Crippen MR) is 71.5 cm³/mol. The van der Waals surface area contributed by atoms with Gasteiger partial charge in [-0.2, -0.15) is 0 Å². The van der Waals surface area contributed by atoms with Crippen LogP contribution in [-0.4, -0.2) is 24.5 Å². The summed E-state index contributed by atoms with van der Waals surface area (Å²) in [5.74, 6) is 0.577. The largest absolute Gasteiger partial charge is 0.353 e. The second-order valence-electron chi connectivity index (χ2n) is 3.48. The average molecular weight is 248 g/mol. The molecule has 1 aromatic carbocycles. The summed E-state index contributed by atoms with van der Waals surface area (Å²) in [5, 5.41) is 16.8. The van der Waals surface area contributed by atoms with Crippen LogP contribution >= 0.6 is 0 Å². The third kappa shape index (κ3) is 3.89. The fraction of sp³-hybridized carbons (Fsp3) is 0.250. The Balaban J connectivity index is 2.68. The molecule has 2 N–H and O–H groups in total. The van der Waals surface area contributed by atoms with E-state index in [2.05, 4.69) is 22.2 Å². The lowest BCUT2D eigenvalue weighted by atomic mass is 10.2. The van der Waals surface area contributed by atoms with Crippen LogP contribution in [0.4, 0.5) is 5.69 Å². The number of guanidine groups is 1. The lowest BCUT2D eigenvalue weighted by Gasteiger charge is -2.10. The summed E-state index contributed by atoms with van der Waals surface area (Å²) < 4.78 is 0. The molecule has 0 aliphatic heterocycles. The Morgan fingerprint density at radius 1 is 1.50 bits per heavy atom. The zero-order valence-corrected chi connectivity index (χ0v) is 10.2. The molecule has 96 valence electrons. The molecule has 6 heteroatoms. The summed E-state index contributed by atoms with van der Waals surface area (Å²) in [5.41, 5.74) is 0.716. The molecular formula is C12H16N4O2. The fourth-order valence-corrected chi connectivity index (χ4v) is 1.41. The molecule has 0 aromatic heterocycles. The molecule has 0 saturated heterocycles. The lowest BCUT2D eigenvalue weighted by Crippen LogP contribution is -2.36. The van der Waals surface area contributed by atoms with Gasteiger partial charge >= 0.3 is 0 Å². The van der Waals surface area contributed by atoms with Gasteiger partial charge in [0.15, 0.2) is 5.96 Å². The van der Waals surface area contributed by atoms with Gasteiger partial charge in [0, 0.05) is 31.8 Å². The Hall–Kier alpha value is -2.37. The minimum atomic E-state index is -0.392. The van der Waals surface area contributed by atoms with E-state index in [1.54, 1.807) is 31.3 Å². The minimum absolute atomic E-state index is 0.101. The van der Waals surface area contributed by atoms with Crippen molar-refractivity contribution >= 4 is 11.6 Å². The van der Waals surface area contributed by atoms with Gasteiger partial charge in [0.2, 0.25) is 0 Å². The van der Waals surface area contributed by atoms with Crippen molar-refractivity contribution in [3.63, 3.8) is 0 Å². The van der Waals surface area contributed by atoms with E-state index in [-0.39, 0.29) is 5.69 Å². The summed E-state index contributed by atoms with van der Waals surface area (Å²) in [6.45, 7) is 4.51. The van der Waals surface area contributed by atoms with Crippen molar-refractivity contribution in [2.75, 3.05) is 13.6 Å². The Bertz CT molecular complexity index is 457. The molecule has 0 atom stereocenters. The highest BCUT2D eigenvalue weighted by Crippen LogP contribution is 2.16. The van der Waals surface area contributed by atoms with E-state index in [0.29, 0.717) is 24.6 Å². The van der Waals surface area contributed by atoms with Crippen LogP contribution < -0.4 is 10.6 Å². The molecule has 0 spiro atoms. The number of nitrogens with one attached hydrogen (secondary N) is 2. The summed E-state index contributed by atoms with van der Waals surface area (Å²) in [4.78, 5) is 14.4. The van der Waals surface area contributed by atoms with E-state index in [9.17, 15) is 10.1 Å². The first-order valence-corrected chi connectivity index (χ1v) is 5.46. The molecule has 0 amide bonds. The lowest BCUT2D eigenvalue weighted by molar-refractivity contribution is -0.385. The minimum Gasteiger partial charge on any atom is -0.353 e. The van der Waals surface area contributed by atoms with Crippen LogP contribution in [0.3, 0.4) is 0 Å². The molecular weight excluding hydrogens is 232 g/mol. The van der Waals surface area contributed by atoms with Crippen molar-refractivity contribution in [1.29, 1.82) is 0 Å². The zero-order valence-electron chi connectivity index (χ0n) is 10.2. The molecule has 0 fully saturated rings. The highest BCUT2D eigenvalue weighted by atomic mass is 16.6. The molecule has 18 heavy (non-hydrogen) atoms. The Kier molecular flexibility index (Phi) is 5.37. The number of nitro groups is 1. The summed E-state index contributed by atoms with van der Waals surface area (Å²) >= 11 is 0. The van der Waals surface area contributed by atoms with Gasteiger partial charge in [0.05, 0.1) is 4.92 Å². The highest BCUT2D eigenvalue weighted by Gasteiger charge is 2.11. The Labute approximate surface area is 106 Å². The number of nitrogens with zero attached hydrogens (tertiary/aromatic N) is 2. The summed E-state index contributed by atoms with van der Waals surface area (Å²) in [6, 6.07) is 6.61. The number of rotatable bonds is 5. The van der Waals surface area contributed by atoms with Gasteiger partial charge in [-0.05, 0) is 0 Å². The van der Waals surface area contributed by atoms with Crippen molar-refractivity contribution in [3.05, 3.63) is 52.6 Å². The summed E-state index contributed by atoms with van der Waals surface area (Å²) in [6.07, 6.45) is 1.71. The maximum atomic E-state index is 10.8. The third-order valence-corrected chi connectivity index (χ3v) is 2.27. The second-order valence-corrected chi connectivity index (χ2v) is 3.48. The van der Waals surface area contributed by atoms with E-state index in [1.165, 1.54) is 6.07 Å². The maximum Gasteiger partial charge on any atom is 0.274 e. The summed E-state index contributed by atoms with van der Waals surface area (Å²) in [7, 11) is 1.64. The number of aliphatic imine (C=N–C) groups is 1. The van der Waals surface area contributed by atoms with E-state index in [0.717, 1.165) is 0 Å². The van der Waals surface area contributed by atoms with Crippen LogP contribution in [0.1, 0.15) is 5.56 Å². The van der Waals surface area contributed by atoms with Crippen LogP contribution in [0.25, 0.3) is 0 Å². The molecule has 1 rings (SSSR count). The molecule has 0 saturated carbocycles. The molecule has 1 aromatic rings. The normalized spacial score (nSPS) is 10.8. The van der Waals surface area contributed by atoms with E-state index in [1.807, 2.05) is 0 Å². The van der Waals surface area contributed by atoms with Crippen LogP contribution in [-0.2, 0) is 6.54 Å². The van der Waals surface area contributed by atoms with Crippen LogP contribution in [0.2, 0.25) is 0 Å². The van der Waals surface area contributed by atoms with Gasteiger partial charge in [-0.25, -0.2) is 0 Å². The van der Waals surface area contributed by atoms with E-state index in [4.69, 9.17) is 0 Å². The molecule has 0 radical (unpaired) electrons. The second kappa shape index (κ2) is 7.05. The Morgan fingerprint density at radius 2 is 2.22 bits per heavy atom. The maximum absolute atomic E-state index is 10.8. The van der Waals surface area contributed by atoms with Crippen molar-refractivity contribution < 1.29 is 4.92 Å². The van der Waals surface area contributed by atoms with Gasteiger partial charge in [0.25, 0.3) is 5.69 Å². The number of hydrogen-bond donors (Lipinski definition) is 2. The number of nitro benzene ring substituents is 1. The highest BCUT2D eigenvalue weighted by molar-refractivity contribution is 5.79. The predicted octanol–water partition coefficient (Wildman–Crippen LogP) is 1.45. The smallest absolute Gasteiger partial charge is 0.274 e. The van der Waals surface area contributed by atoms with Gasteiger partial charge in [0.1, 0.15) is 0 Å².